The van der Waals surface area contributed by atoms with Crippen molar-refractivity contribution in [2.24, 2.45) is 0 Å². The third-order valence-electron chi connectivity index (χ3n) is 4.73. The predicted molar refractivity (Wildman–Crippen MR) is 82.3 cm³/mol. The van der Waals surface area contributed by atoms with E-state index in [9.17, 15) is 5.11 Å². The van der Waals surface area contributed by atoms with Crippen LogP contribution in [0, 0.1) is 34.6 Å². The molecule has 0 fully saturated rings. The summed E-state index contributed by atoms with van der Waals surface area (Å²) in [6.45, 7) is 12.6. The molecule has 1 atom stereocenters. The third-order valence-corrected chi connectivity index (χ3v) is 4.73. The fourth-order valence-electron chi connectivity index (χ4n) is 2.98. The minimum absolute atomic E-state index is 0.610. The van der Waals surface area contributed by atoms with Gasteiger partial charge in [-0.3, -0.25) is 0 Å². The number of hydrogen-bond acceptors (Lipinski definition) is 2. The van der Waals surface area contributed by atoms with Gasteiger partial charge in [-0.25, -0.2) is 0 Å². The van der Waals surface area contributed by atoms with Crippen LogP contribution in [-0.2, 0) is 6.42 Å². The molecule has 1 heterocycles. The molecule has 0 spiro atoms. The Hall–Kier alpha value is -1.54. The summed E-state index contributed by atoms with van der Waals surface area (Å²) >= 11 is 0. The Labute approximate surface area is 121 Å². The van der Waals surface area contributed by atoms with Crippen LogP contribution in [0.25, 0.3) is 0 Å². The van der Waals surface area contributed by atoms with Gasteiger partial charge in [0.25, 0.3) is 0 Å². The van der Waals surface area contributed by atoms with E-state index >= 15 is 0 Å². The van der Waals surface area contributed by atoms with Crippen LogP contribution in [0.1, 0.15) is 57.7 Å². The van der Waals surface area contributed by atoms with E-state index in [-0.39, 0.29) is 0 Å². The van der Waals surface area contributed by atoms with E-state index in [2.05, 4.69) is 34.6 Å². The lowest BCUT2D eigenvalue weighted by molar-refractivity contribution is 0.215. The topological polar surface area (TPSA) is 33.4 Å². The molecule has 0 aliphatic heterocycles. The molecule has 1 aromatic heterocycles. The zero-order valence-corrected chi connectivity index (χ0v) is 13.3. The molecule has 0 radical (unpaired) electrons. The maximum absolute atomic E-state index is 10.8. The Bertz CT molecular complexity index is 606. The van der Waals surface area contributed by atoms with E-state index in [1.54, 1.807) is 6.26 Å². The molecule has 20 heavy (non-hydrogen) atoms. The molecular weight excluding hydrogens is 248 g/mol. The van der Waals surface area contributed by atoms with Crippen molar-refractivity contribution < 1.29 is 9.52 Å². The van der Waals surface area contributed by atoms with Crippen molar-refractivity contribution >= 4 is 0 Å². The minimum Gasteiger partial charge on any atom is -0.469 e. The highest BCUT2D eigenvalue weighted by Crippen LogP contribution is 2.35. The van der Waals surface area contributed by atoms with Crippen molar-refractivity contribution in [3.05, 3.63) is 57.0 Å². The lowest BCUT2D eigenvalue weighted by atomic mass is 9.85. The van der Waals surface area contributed by atoms with Gasteiger partial charge >= 0.3 is 0 Å². The first-order valence-corrected chi connectivity index (χ1v) is 7.21. The summed E-state index contributed by atoms with van der Waals surface area (Å²) in [5.41, 5.74) is 8.14. The average molecular weight is 272 g/mol. The van der Waals surface area contributed by atoms with Crippen molar-refractivity contribution in [3.8, 4) is 0 Å². The largest absolute Gasteiger partial charge is 0.469 e. The average Bonchev–Trinajstić information content (AvgIpc) is 2.91. The van der Waals surface area contributed by atoms with Crippen LogP contribution in [0.15, 0.2) is 16.7 Å². The molecule has 2 heteroatoms. The zero-order chi connectivity index (χ0) is 15.0. The Kier molecular flexibility index (Phi) is 4.05. The van der Waals surface area contributed by atoms with E-state index < -0.39 is 6.10 Å². The Morgan fingerprint density at radius 2 is 1.45 bits per heavy atom. The first-order chi connectivity index (χ1) is 9.40. The van der Waals surface area contributed by atoms with Gasteiger partial charge in [0.05, 0.1) is 6.26 Å². The van der Waals surface area contributed by atoms with Crippen molar-refractivity contribution in [2.75, 3.05) is 0 Å². The van der Waals surface area contributed by atoms with E-state index in [4.69, 9.17) is 4.42 Å². The van der Waals surface area contributed by atoms with Crippen LogP contribution < -0.4 is 0 Å². The second kappa shape index (κ2) is 5.45. The molecule has 1 N–H and O–H groups in total. The van der Waals surface area contributed by atoms with Gasteiger partial charge in [0.2, 0.25) is 0 Å². The Morgan fingerprint density at radius 3 is 1.95 bits per heavy atom. The van der Waals surface area contributed by atoms with Crippen molar-refractivity contribution in [1.29, 1.82) is 0 Å². The molecule has 108 valence electrons. The Morgan fingerprint density at radius 1 is 0.950 bits per heavy atom. The summed E-state index contributed by atoms with van der Waals surface area (Å²) < 4.78 is 5.46. The molecule has 0 aliphatic rings. The monoisotopic (exact) mass is 272 g/mol. The van der Waals surface area contributed by atoms with Crippen molar-refractivity contribution in [3.63, 3.8) is 0 Å². The number of aliphatic hydroxyl groups excluding tert-OH is 1. The fraction of sp³-hybridized carbons (Fsp3) is 0.444. The minimum atomic E-state index is -0.610. The van der Waals surface area contributed by atoms with Crippen molar-refractivity contribution in [1.82, 2.24) is 0 Å². The molecule has 1 aromatic carbocycles. The number of hydrogen-bond donors (Lipinski definition) is 1. The molecule has 0 bridgehead atoms. The highest BCUT2D eigenvalue weighted by atomic mass is 16.3. The Balaban J connectivity index is 2.64. The van der Waals surface area contributed by atoms with Gasteiger partial charge in [0.1, 0.15) is 11.9 Å². The van der Waals surface area contributed by atoms with E-state index in [1.165, 1.54) is 27.8 Å². The summed E-state index contributed by atoms with van der Waals surface area (Å²) in [5, 5.41) is 10.8. The molecule has 0 saturated heterocycles. The summed E-state index contributed by atoms with van der Waals surface area (Å²) in [6, 6.07) is 1.88. The maximum Gasteiger partial charge on any atom is 0.109 e. The van der Waals surface area contributed by atoms with Crippen LogP contribution in [0.3, 0.4) is 0 Å². The number of aryl methyl sites for hydroxylation is 1. The summed E-state index contributed by atoms with van der Waals surface area (Å²) in [5.74, 6) is 0.868. The smallest absolute Gasteiger partial charge is 0.109 e. The van der Waals surface area contributed by atoms with Gasteiger partial charge < -0.3 is 9.52 Å². The zero-order valence-electron chi connectivity index (χ0n) is 13.3. The highest BCUT2D eigenvalue weighted by molar-refractivity contribution is 5.52. The van der Waals surface area contributed by atoms with Crippen LogP contribution in [0.5, 0.6) is 0 Å². The quantitative estimate of drug-likeness (QED) is 0.894. The van der Waals surface area contributed by atoms with Crippen LogP contribution in [0.4, 0.5) is 0 Å². The molecule has 2 rings (SSSR count). The molecule has 2 nitrogen and oxygen atoms in total. The van der Waals surface area contributed by atoms with Crippen molar-refractivity contribution in [2.45, 2.75) is 54.1 Å². The fourth-order valence-corrected chi connectivity index (χ4v) is 2.98. The molecular formula is C18H24O2. The van der Waals surface area contributed by atoms with Gasteiger partial charge in [-0.05, 0) is 74.1 Å². The van der Waals surface area contributed by atoms with E-state index in [1.807, 2.05) is 13.0 Å². The second-order valence-electron chi connectivity index (χ2n) is 5.59. The SMILES string of the molecule is CCc1occc1C(O)c1c(C)c(C)c(C)c(C)c1C. The van der Waals surface area contributed by atoms with Crippen LogP contribution >= 0.6 is 0 Å². The normalized spacial score (nSPS) is 12.8. The number of benzene rings is 1. The number of rotatable bonds is 3. The van der Waals surface area contributed by atoms with Gasteiger partial charge in [-0.1, -0.05) is 6.92 Å². The lowest BCUT2D eigenvalue weighted by Crippen LogP contribution is -2.09. The molecule has 2 aromatic rings. The molecule has 0 amide bonds. The summed E-state index contributed by atoms with van der Waals surface area (Å²) in [7, 11) is 0. The molecule has 1 unspecified atom stereocenters. The van der Waals surface area contributed by atoms with Gasteiger partial charge in [-0.15, -0.1) is 0 Å². The predicted octanol–water partition coefficient (Wildman–Crippen LogP) is 4.47. The maximum atomic E-state index is 10.8. The molecule has 0 saturated carbocycles. The standard InChI is InChI=1S/C18H24O2/c1-7-16-15(8-9-20-16)18(19)17-13(5)11(3)10(2)12(4)14(17)6/h8-9,18-19H,7H2,1-6H3. The summed E-state index contributed by atoms with van der Waals surface area (Å²) in [6.07, 6.45) is 1.85. The van der Waals surface area contributed by atoms with Crippen LogP contribution in [-0.4, -0.2) is 5.11 Å². The van der Waals surface area contributed by atoms with Crippen LogP contribution in [0.2, 0.25) is 0 Å². The third kappa shape index (κ3) is 2.18. The van der Waals surface area contributed by atoms with E-state index in [0.29, 0.717) is 0 Å². The number of aliphatic hydroxyl groups is 1. The summed E-state index contributed by atoms with van der Waals surface area (Å²) in [4.78, 5) is 0. The first kappa shape index (κ1) is 14.9. The van der Waals surface area contributed by atoms with E-state index in [0.717, 1.165) is 23.3 Å². The highest BCUT2D eigenvalue weighted by Gasteiger charge is 2.22. The van der Waals surface area contributed by atoms with Gasteiger partial charge in [0.15, 0.2) is 0 Å². The lowest BCUT2D eigenvalue weighted by Gasteiger charge is -2.22. The number of furan rings is 1. The van der Waals surface area contributed by atoms with Gasteiger partial charge in [-0.2, -0.15) is 0 Å². The first-order valence-electron chi connectivity index (χ1n) is 7.21. The van der Waals surface area contributed by atoms with Gasteiger partial charge in [0, 0.05) is 12.0 Å². The second-order valence-corrected chi connectivity index (χ2v) is 5.59. The molecule has 0 aliphatic carbocycles.